The molecule has 10 aromatic rings. The molecule has 0 saturated carbocycles. The number of benzene rings is 6. The highest BCUT2D eigenvalue weighted by atomic mass is 32.1. The van der Waals surface area contributed by atoms with E-state index < -0.39 is 0 Å². The first-order chi connectivity index (χ1) is 23.8. The molecule has 0 N–H and O–H groups in total. The Balaban J connectivity index is 1.22. The highest BCUT2D eigenvalue weighted by Gasteiger charge is 2.20. The van der Waals surface area contributed by atoms with Crippen molar-refractivity contribution in [1.29, 1.82) is 0 Å². The summed E-state index contributed by atoms with van der Waals surface area (Å²) in [4.78, 5) is 20.0. The van der Waals surface area contributed by atoms with Crippen molar-refractivity contribution in [2.45, 2.75) is 0 Å². The van der Waals surface area contributed by atoms with Gasteiger partial charge in [0, 0.05) is 53.7 Å². The molecule has 0 aliphatic carbocycles. The van der Waals surface area contributed by atoms with Crippen molar-refractivity contribution in [3.63, 3.8) is 0 Å². The number of furan rings is 1. The number of aromatic nitrogens is 4. The van der Waals surface area contributed by atoms with Gasteiger partial charge in [0.25, 0.3) is 0 Å². The van der Waals surface area contributed by atoms with Crippen molar-refractivity contribution in [2.75, 3.05) is 0 Å². The Morgan fingerprint density at radius 2 is 1.23 bits per heavy atom. The van der Waals surface area contributed by atoms with Crippen molar-refractivity contribution in [2.24, 2.45) is 0 Å². The number of rotatable bonds is 4. The lowest BCUT2D eigenvalue weighted by atomic mass is 9.99. The van der Waals surface area contributed by atoms with Gasteiger partial charge in [-0.15, -0.1) is 11.3 Å². The molecule has 4 aromatic heterocycles. The van der Waals surface area contributed by atoms with E-state index in [9.17, 15) is 0 Å². The molecule has 0 aliphatic heterocycles. The van der Waals surface area contributed by atoms with Gasteiger partial charge in [-0.1, -0.05) is 109 Å². The van der Waals surface area contributed by atoms with Crippen molar-refractivity contribution in [1.82, 2.24) is 19.9 Å². The van der Waals surface area contributed by atoms with E-state index in [1.54, 1.807) is 11.3 Å². The van der Waals surface area contributed by atoms with Gasteiger partial charge in [0.05, 0.1) is 11.1 Å². The third-order valence-corrected chi connectivity index (χ3v) is 10.2. The zero-order valence-corrected chi connectivity index (χ0v) is 26.3. The van der Waals surface area contributed by atoms with Crippen LogP contribution < -0.4 is 0 Å². The first-order valence-corrected chi connectivity index (χ1v) is 16.6. The average Bonchev–Trinajstić information content (AvgIpc) is 3.73. The molecular formula is C42H24N4OS. The maximum atomic E-state index is 6.42. The Bertz CT molecular complexity index is 2860. The van der Waals surface area contributed by atoms with Gasteiger partial charge < -0.3 is 4.42 Å². The largest absolute Gasteiger partial charge is 0.455 e. The number of hydrogen-bond donors (Lipinski definition) is 0. The van der Waals surface area contributed by atoms with Gasteiger partial charge in [0.1, 0.15) is 11.2 Å². The minimum atomic E-state index is 0.574. The van der Waals surface area contributed by atoms with Crippen molar-refractivity contribution in [3.8, 4) is 45.3 Å². The Morgan fingerprint density at radius 3 is 2.15 bits per heavy atom. The van der Waals surface area contributed by atoms with E-state index in [4.69, 9.17) is 19.4 Å². The fourth-order valence-corrected chi connectivity index (χ4v) is 8.02. The highest BCUT2D eigenvalue weighted by Crippen LogP contribution is 2.44. The first kappa shape index (κ1) is 26.9. The molecule has 0 bridgehead atoms. The summed E-state index contributed by atoms with van der Waals surface area (Å²) in [6, 6.07) is 47.9. The molecule has 0 radical (unpaired) electrons. The molecule has 48 heavy (non-hydrogen) atoms. The number of para-hydroxylation sites is 2. The van der Waals surface area contributed by atoms with Crippen LogP contribution in [0.3, 0.4) is 0 Å². The van der Waals surface area contributed by atoms with Gasteiger partial charge in [0.2, 0.25) is 0 Å². The molecule has 0 unspecified atom stereocenters. The third kappa shape index (κ3) is 4.24. The maximum absolute atomic E-state index is 6.42. The van der Waals surface area contributed by atoms with Crippen LogP contribution in [0, 0.1) is 0 Å². The number of hydrogen-bond acceptors (Lipinski definition) is 6. The fraction of sp³-hybridized carbons (Fsp3) is 0. The summed E-state index contributed by atoms with van der Waals surface area (Å²) in [5.41, 5.74) is 7.65. The summed E-state index contributed by atoms with van der Waals surface area (Å²) in [6.45, 7) is 0. The molecule has 6 heteroatoms. The summed E-state index contributed by atoms with van der Waals surface area (Å²) in [5.74, 6) is 1.81. The van der Waals surface area contributed by atoms with E-state index in [0.717, 1.165) is 60.5 Å². The number of nitrogens with zero attached hydrogens (tertiary/aromatic N) is 4. The molecule has 0 aliphatic rings. The van der Waals surface area contributed by atoms with Crippen molar-refractivity contribution < 1.29 is 4.42 Å². The van der Waals surface area contributed by atoms with E-state index in [1.165, 1.54) is 20.3 Å². The van der Waals surface area contributed by atoms with Gasteiger partial charge in [-0.3, -0.25) is 4.98 Å². The third-order valence-electron chi connectivity index (χ3n) is 8.99. The van der Waals surface area contributed by atoms with Crippen LogP contribution in [0.25, 0.3) is 98.3 Å². The lowest BCUT2D eigenvalue weighted by molar-refractivity contribution is 0.669. The molecule has 0 amide bonds. The van der Waals surface area contributed by atoms with Crippen LogP contribution in [0.5, 0.6) is 0 Å². The normalized spacial score (nSPS) is 11.8. The van der Waals surface area contributed by atoms with Crippen LogP contribution in [0.1, 0.15) is 0 Å². The maximum Gasteiger partial charge on any atom is 0.167 e. The topological polar surface area (TPSA) is 64.7 Å². The highest BCUT2D eigenvalue weighted by molar-refractivity contribution is 7.26. The molecule has 0 spiro atoms. The van der Waals surface area contributed by atoms with E-state index in [2.05, 4.69) is 77.8 Å². The van der Waals surface area contributed by atoms with Gasteiger partial charge >= 0.3 is 0 Å². The minimum Gasteiger partial charge on any atom is -0.455 e. The summed E-state index contributed by atoms with van der Waals surface area (Å²) >= 11 is 1.80. The van der Waals surface area contributed by atoms with Crippen molar-refractivity contribution in [3.05, 3.63) is 146 Å². The molecular weight excluding hydrogens is 609 g/mol. The van der Waals surface area contributed by atoms with Crippen LogP contribution in [0.2, 0.25) is 0 Å². The standard InChI is InChI=1S/C42H24N4OS/c1-2-10-26(11-3-1)40-44-41(46-42(45-40)33-18-7-15-30-29-13-4-5-19-35(29)47-38(30)33)32-17-8-20-36-37(32)31-16-6-14-28(39(31)48-36)27-22-21-25-12-9-23-43-34(25)24-27/h1-24H. The monoisotopic (exact) mass is 632 g/mol. The predicted octanol–water partition coefficient (Wildman–Crippen LogP) is 11.4. The second kappa shape index (κ2) is 10.7. The number of pyridine rings is 1. The number of thiophene rings is 1. The molecule has 0 atom stereocenters. The van der Waals surface area contributed by atoms with Crippen molar-refractivity contribution >= 4 is 64.4 Å². The first-order valence-electron chi connectivity index (χ1n) is 15.8. The summed E-state index contributed by atoms with van der Waals surface area (Å²) in [6.07, 6.45) is 1.85. The molecule has 224 valence electrons. The van der Waals surface area contributed by atoms with Gasteiger partial charge in [-0.25, -0.2) is 15.0 Å². The molecule has 10 rings (SSSR count). The Morgan fingerprint density at radius 1 is 0.500 bits per heavy atom. The van der Waals surface area contributed by atoms with E-state index in [0.29, 0.717) is 17.5 Å². The van der Waals surface area contributed by atoms with Crippen LogP contribution in [0.15, 0.2) is 150 Å². The SMILES string of the molecule is c1ccc(-c2nc(-c3cccc4c3oc3ccccc34)nc(-c3cccc4sc5c(-c6ccc7cccnc7c6)cccc5c34)n2)cc1. The van der Waals surface area contributed by atoms with Gasteiger partial charge in [-0.2, -0.15) is 0 Å². The van der Waals surface area contributed by atoms with Crippen LogP contribution >= 0.6 is 11.3 Å². The van der Waals surface area contributed by atoms with E-state index in [-0.39, 0.29) is 0 Å². The van der Waals surface area contributed by atoms with Crippen LogP contribution in [0.4, 0.5) is 0 Å². The molecule has 0 saturated heterocycles. The minimum absolute atomic E-state index is 0.574. The second-order valence-corrected chi connectivity index (χ2v) is 12.9. The average molecular weight is 633 g/mol. The summed E-state index contributed by atoms with van der Waals surface area (Å²) in [7, 11) is 0. The summed E-state index contributed by atoms with van der Waals surface area (Å²) in [5, 5.41) is 5.54. The van der Waals surface area contributed by atoms with Gasteiger partial charge in [-0.05, 0) is 41.5 Å². The Labute approximate surface area is 278 Å². The van der Waals surface area contributed by atoms with Crippen LogP contribution in [-0.4, -0.2) is 19.9 Å². The molecule has 4 heterocycles. The quantitative estimate of drug-likeness (QED) is 0.193. The second-order valence-electron chi connectivity index (χ2n) is 11.8. The molecule has 6 aromatic carbocycles. The Hall–Kier alpha value is -6.24. The molecule has 0 fully saturated rings. The lowest BCUT2D eigenvalue weighted by Gasteiger charge is -2.10. The predicted molar refractivity (Wildman–Crippen MR) is 197 cm³/mol. The smallest absolute Gasteiger partial charge is 0.167 e. The zero-order chi connectivity index (χ0) is 31.6. The Kier molecular flexibility index (Phi) is 5.98. The summed E-state index contributed by atoms with van der Waals surface area (Å²) < 4.78 is 8.82. The molecule has 5 nitrogen and oxygen atoms in total. The van der Waals surface area contributed by atoms with E-state index >= 15 is 0 Å². The fourth-order valence-electron chi connectivity index (χ4n) is 6.75. The lowest BCUT2D eigenvalue weighted by Crippen LogP contribution is -2.00. The van der Waals surface area contributed by atoms with Crippen LogP contribution in [-0.2, 0) is 0 Å². The number of fused-ring (bicyclic) bond motifs is 7. The van der Waals surface area contributed by atoms with E-state index in [1.807, 2.05) is 72.9 Å². The zero-order valence-electron chi connectivity index (χ0n) is 25.5. The van der Waals surface area contributed by atoms with Gasteiger partial charge in [0.15, 0.2) is 17.5 Å².